The molecule has 0 fully saturated rings. The second-order valence-electron chi connectivity index (χ2n) is 12.7. The molecular formula is C31H46OSi3Sn. The minimum absolute atomic E-state index is 0.384. The van der Waals surface area contributed by atoms with E-state index >= 15 is 0 Å². The first-order valence-electron chi connectivity index (χ1n) is 13.4. The summed E-state index contributed by atoms with van der Waals surface area (Å²) in [5, 5.41) is 15.2. The number of benzene rings is 3. The van der Waals surface area contributed by atoms with Crippen LogP contribution in [0.3, 0.4) is 0 Å². The van der Waals surface area contributed by atoms with Crippen molar-refractivity contribution in [2.45, 2.75) is 64.5 Å². The van der Waals surface area contributed by atoms with E-state index in [0.717, 1.165) is 0 Å². The fourth-order valence-corrected chi connectivity index (χ4v) is 82.4. The summed E-state index contributed by atoms with van der Waals surface area (Å²) in [6, 6.07) is 34.0. The third-order valence-corrected chi connectivity index (χ3v) is 61.6. The Bertz CT molecular complexity index is 980. The molecule has 1 atom stereocenters. The van der Waals surface area contributed by atoms with Crippen molar-refractivity contribution < 1.29 is 5.11 Å². The molecule has 0 radical (unpaired) electrons. The number of aliphatic hydroxyl groups excluding tert-OH is 1. The monoisotopic (exact) mass is 638 g/mol. The molecule has 0 saturated heterocycles. The molecule has 0 heterocycles. The standard InChI is InChI=1S/3C9H13Si.C4H7O.Sn/c3*1-10(2,3)9-7-5-4-6-8-9;1-3-4(2)5;/h3*4-8H,1H2,2-3H3;1,3-5H,2H3;. The minimum atomic E-state index is -3.00. The van der Waals surface area contributed by atoms with Gasteiger partial charge in [0.2, 0.25) is 0 Å². The Kier molecular flexibility index (Phi) is 9.88. The van der Waals surface area contributed by atoms with Gasteiger partial charge in [0.05, 0.1) is 0 Å². The van der Waals surface area contributed by atoms with Crippen molar-refractivity contribution in [2.24, 2.45) is 0 Å². The van der Waals surface area contributed by atoms with Crippen LogP contribution in [0.25, 0.3) is 0 Å². The maximum absolute atomic E-state index is 10.4. The number of hydrogen-bond donors (Lipinski definition) is 1. The molecule has 0 amide bonds. The molecule has 3 aromatic rings. The van der Waals surface area contributed by atoms with Crippen LogP contribution in [0.2, 0.25) is 51.5 Å². The van der Waals surface area contributed by atoms with Crippen LogP contribution in [-0.2, 0) is 0 Å². The molecule has 0 aromatic heterocycles. The van der Waals surface area contributed by atoms with Gasteiger partial charge in [-0.25, -0.2) is 0 Å². The van der Waals surface area contributed by atoms with Crippen LogP contribution >= 0.6 is 0 Å². The van der Waals surface area contributed by atoms with E-state index in [1.54, 1.807) is 15.6 Å². The van der Waals surface area contributed by atoms with Gasteiger partial charge in [-0.1, -0.05) is 0 Å². The zero-order valence-electron chi connectivity index (χ0n) is 23.5. The van der Waals surface area contributed by atoms with E-state index in [4.69, 9.17) is 0 Å². The first-order valence-corrected chi connectivity index (χ1v) is 30.7. The molecule has 3 rings (SSSR count). The molecule has 3 aromatic carbocycles. The third-order valence-electron chi connectivity index (χ3n) is 7.78. The van der Waals surface area contributed by atoms with Gasteiger partial charge in [0.15, 0.2) is 0 Å². The fourth-order valence-electron chi connectivity index (χ4n) is 6.32. The van der Waals surface area contributed by atoms with E-state index in [-0.39, 0.29) is 6.10 Å². The Morgan fingerprint density at radius 1 is 0.583 bits per heavy atom. The van der Waals surface area contributed by atoms with Gasteiger partial charge in [-0.05, 0) is 0 Å². The van der Waals surface area contributed by atoms with Gasteiger partial charge in [-0.15, -0.1) is 0 Å². The molecule has 192 valence electrons. The molecule has 36 heavy (non-hydrogen) atoms. The van der Waals surface area contributed by atoms with Crippen molar-refractivity contribution in [3.63, 3.8) is 0 Å². The van der Waals surface area contributed by atoms with Crippen LogP contribution in [0.4, 0.5) is 0 Å². The van der Waals surface area contributed by atoms with Gasteiger partial charge in [-0.3, -0.25) is 0 Å². The van der Waals surface area contributed by atoms with Gasteiger partial charge in [-0.2, -0.15) is 0 Å². The maximum atomic E-state index is 10.4. The van der Waals surface area contributed by atoms with E-state index in [1.807, 2.05) is 6.92 Å². The summed E-state index contributed by atoms with van der Waals surface area (Å²) in [7, 11) is -5.05. The molecule has 5 heteroatoms. The third kappa shape index (κ3) is 7.90. The van der Waals surface area contributed by atoms with Crippen LogP contribution in [0, 0.1) is 0 Å². The molecule has 0 spiro atoms. The Morgan fingerprint density at radius 2 is 0.861 bits per heavy atom. The van der Waals surface area contributed by atoms with Gasteiger partial charge >= 0.3 is 229 Å². The Morgan fingerprint density at radius 3 is 1.11 bits per heavy atom. The molecule has 0 bridgehead atoms. The summed E-state index contributed by atoms with van der Waals surface area (Å²) < 4.78 is 6.89. The van der Waals surface area contributed by atoms with Crippen molar-refractivity contribution >= 4 is 58.2 Å². The molecular weight excluding hydrogens is 591 g/mol. The zero-order valence-corrected chi connectivity index (χ0v) is 29.3. The van der Waals surface area contributed by atoms with Crippen LogP contribution in [0.1, 0.15) is 6.92 Å². The second kappa shape index (κ2) is 12.1. The summed E-state index contributed by atoms with van der Waals surface area (Å²) in [5.41, 5.74) is 0. The van der Waals surface area contributed by atoms with Gasteiger partial charge in [0.25, 0.3) is 0 Å². The van der Waals surface area contributed by atoms with Crippen LogP contribution in [0.5, 0.6) is 0 Å². The van der Waals surface area contributed by atoms with E-state index in [1.165, 1.54) is 12.2 Å². The van der Waals surface area contributed by atoms with E-state index in [0.29, 0.717) is 0 Å². The van der Waals surface area contributed by atoms with E-state index in [9.17, 15) is 5.11 Å². The summed E-state index contributed by atoms with van der Waals surface area (Å²) in [6.07, 6.45) is 1.79. The molecule has 0 saturated carbocycles. The van der Waals surface area contributed by atoms with Crippen LogP contribution < -0.4 is 15.6 Å². The Hall–Kier alpha value is -1.19. The average Bonchev–Trinajstić information content (AvgIpc) is 2.84. The number of rotatable bonds is 11. The molecule has 0 aliphatic carbocycles. The first kappa shape index (κ1) is 29.4. The van der Waals surface area contributed by atoms with Gasteiger partial charge in [0, 0.05) is 0 Å². The van der Waals surface area contributed by atoms with Crippen molar-refractivity contribution in [2.75, 3.05) is 0 Å². The number of aliphatic hydroxyl groups is 1. The summed E-state index contributed by atoms with van der Waals surface area (Å²) in [6.45, 7) is 17.5. The quantitative estimate of drug-likeness (QED) is 0.242. The predicted molar refractivity (Wildman–Crippen MR) is 172 cm³/mol. The van der Waals surface area contributed by atoms with E-state index < -0.39 is 42.6 Å². The molecule has 1 nitrogen and oxygen atoms in total. The van der Waals surface area contributed by atoms with Gasteiger partial charge in [0.1, 0.15) is 0 Å². The predicted octanol–water partition coefficient (Wildman–Crippen LogP) is 6.38. The van der Waals surface area contributed by atoms with Gasteiger partial charge < -0.3 is 0 Å². The van der Waals surface area contributed by atoms with E-state index in [2.05, 4.69) is 140 Å². The fraction of sp³-hybridized carbons (Fsp3) is 0.355. The topological polar surface area (TPSA) is 20.2 Å². The normalized spacial score (nSPS) is 14.2. The summed E-state index contributed by atoms with van der Waals surface area (Å²) in [4.78, 5) is 0. The average molecular weight is 638 g/mol. The Labute approximate surface area is 227 Å². The van der Waals surface area contributed by atoms with Crippen molar-refractivity contribution in [1.82, 2.24) is 0 Å². The summed E-state index contributed by atoms with van der Waals surface area (Å²) >= 11 is -3.00. The van der Waals surface area contributed by atoms with Crippen molar-refractivity contribution in [1.29, 1.82) is 0 Å². The molecule has 1 N–H and O–H groups in total. The SMILES string of the molecule is CC(O)/C=[CH]\[Sn]([CH2][Si](C)(C)c1ccccc1)([CH2][Si](C)(C)c1ccccc1)[CH2][Si](C)(C)c1ccccc1. The summed E-state index contributed by atoms with van der Waals surface area (Å²) in [5.74, 6) is 0. The van der Waals surface area contributed by atoms with Crippen LogP contribution in [0.15, 0.2) is 101 Å². The zero-order chi connectivity index (χ0) is 26.5. The first-order chi connectivity index (χ1) is 16.9. The number of hydrogen-bond acceptors (Lipinski definition) is 1. The Balaban J connectivity index is 2.15. The van der Waals surface area contributed by atoms with Crippen molar-refractivity contribution in [3.05, 3.63) is 101 Å². The second-order valence-corrected chi connectivity index (χ2v) is 44.6. The molecule has 1 unspecified atom stereocenters. The van der Waals surface area contributed by atoms with Crippen LogP contribution in [-0.4, -0.2) is 53.8 Å². The molecule has 0 aliphatic heterocycles. The molecule has 0 aliphatic rings. The van der Waals surface area contributed by atoms with Crippen molar-refractivity contribution in [3.8, 4) is 0 Å².